The number of carbonyl (C=O) groups is 2. The molecule has 5 heteroatoms. The number of nitrogens with zero attached hydrogens (tertiary/aromatic N) is 2. The van der Waals surface area contributed by atoms with Gasteiger partial charge in [-0.05, 0) is 38.2 Å². The second kappa shape index (κ2) is 7.91. The van der Waals surface area contributed by atoms with Crippen LogP contribution in [0.15, 0.2) is 24.3 Å². The molecular formula is C22H32N2O3. The molecule has 0 aromatic heterocycles. The lowest BCUT2D eigenvalue weighted by Gasteiger charge is -2.43. The van der Waals surface area contributed by atoms with Gasteiger partial charge < -0.3 is 14.5 Å². The molecule has 1 fully saturated rings. The van der Waals surface area contributed by atoms with Gasteiger partial charge in [-0.25, -0.2) is 0 Å². The van der Waals surface area contributed by atoms with Crippen molar-refractivity contribution >= 4 is 11.8 Å². The second-order valence-electron chi connectivity index (χ2n) is 8.26. The summed E-state index contributed by atoms with van der Waals surface area (Å²) in [5.41, 5.74) is 0.720. The lowest BCUT2D eigenvalue weighted by Crippen LogP contribution is -2.53. The highest BCUT2D eigenvalue weighted by molar-refractivity contribution is 5.78. The molecule has 1 atom stereocenters. The largest absolute Gasteiger partial charge is 0.485 e. The van der Waals surface area contributed by atoms with E-state index < -0.39 is 0 Å². The van der Waals surface area contributed by atoms with Crippen LogP contribution in [0, 0.1) is 5.92 Å². The van der Waals surface area contributed by atoms with E-state index in [1.54, 1.807) is 6.92 Å². The summed E-state index contributed by atoms with van der Waals surface area (Å²) < 4.78 is 6.57. The maximum absolute atomic E-state index is 13.0. The van der Waals surface area contributed by atoms with Crippen molar-refractivity contribution in [1.29, 1.82) is 0 Å². The smallest absolute Gasteiger partial charge is 0.225 e. The van der Waals surface area contributed by atoms with Gasteiger partial charge in [-0.1, -0.05) is 32.0 Å². The molecule has 148 valence electrons. The van der Waals surface area contributed by atoms with Crippen LogP contribution in [0.25, 0.3) is 0 Å². The van der Waals surface area contributed by atoms with Crippen LogP contribution in [0.5, 0.6) is 5.75 Å². The Bertz CT molecular complexity index is 695. The number of ether oxygens (including phenoxy) is 1. The first-order valence-corrected chi connectivity index (χ1v) is 10.1. The van der Waals surface area contributed by atoms with Gasteiger partial charge in [-0.15, -0.1) is 0 Å². The predicted octanol–water partition coefficient (Wildman–Crippen LogP) is 3.61. The Hall–Kier alpha value is -2.04. The van der Waals surface area contributed by atoms with Crippen molar-refractivity contribution in [1.82, 2.24) is 9.80 Å². The Morgan fingerprint density at radius 1 is 1.30 bits per heavy atom. The summed E-state index contributed by atoms with van der Waals surface area (Å²) in [5, 5.41) is 0. The van der Waals surface area contributed by atoms with Gasteiger partial charge in [0, 0.05) is 38.0 Å². The van der Waals surface area contributed by atoms with Crippen molar-refractivity contribution < 1.29 is 14.3 Å². The molecule has 1 aliphatic carbocycles. The van der Waals surface area contributed by atoms with E-state index >= 15 is 0 Å². The van der Waals surface area contributed by atoms with Crippen LogP contribution in [-0.2, 0) is 16.1 Å². The summed E-state index contributed by atoms with van der Waals surface area (Å²) in [6.45, 7) is 6.92. The molecule has 0 saturated heterocycles. The fourth-order valence-electron chi connectivity index (χ4n) is 4.28. The van der Waals surface area contributed by atoms with Crippen molar-refractivity contribution in [3.8, 4) is 5.75 Å². The molecule has 5 nitrogen and oxygen atoms in total. The minimum atomic E-state index is -0.357. The van der Waals surface area contributed by atoms with E-state index in [0.29, 0.717) is 13.1 Å². The molecule has 1 spiro atoms. The Kier molecular flexibility index (Phi) is 5.78. The molecule has 2 aliphatic rings. The van der Waals surface area contributed by atoms with Gasteiger partial charge in [0.05, 0.1) is 6.54 Å². The highest BCUT2D eigenvalue weighted by atomic mass is 16.5. The molecule has 1 aromatic rings. The van der Waals surface area contributed by atoms with Crippen molar-refractivity contribution in [3.05, 3.63) is 29.8 Å². The quantitative estimate of drug-likeness (QED) is 0.814. The molecule has 1 heterocycles. The number of fused-ring (bicyclic) bond motifs is 1. The van der Waals surface area contributed by atoms with Gasteiger partial charge in [0.1, 0.15) is 11.4 Å². The summed E-state index contributed by atoms with van der Waals surface area (Å²) in [7, 11) is 1.88. The van der Waals surface area contributed by atoms with Crippen LogP contribution in [0.1, 0.15) is 58.4 Å². The van der Waals surface area contributed by atoms with Crippen molar-refractivity contribution in [3.63, 3.8) is 0 Å². The normalized spacial score (nSPS) is 25.9. The van der Waals surface area contributed by atoms with Crippen LogP contribution in [0.4, 0.5) is 0 Å². The molecule has 0 radical (unpaired) electrons. The van der Waals surface area contributed by atoms with E-state index in [1.165, 1.54) is 0 Å². The zero-order chi connectivity index (χ0) is 19.6. The Labute approximate surface area is 162 Å². The third-order valence-electron chi connectivity index (χ3n) is 6.40. The van der Waals surface area contributed by atoms with Crippen LogP contribution >= 0.6 is 0 Å². The number of para-hydroxylation sites is 1. The Morgan fingerprint density at radius 2 is 1.96 bits per heavy atom. The third kappa shape index (κ3) is 4.12. The summed E-state index contributed by atoms with van der Waals surface area (Å²) in [6.07, 6.45) is 4.37. The highest BCUT2D eigenvalue weighted by Gasteiger charge is 2.43. The molecule has 2 amide bonds. The zero-order valence-corrected chi connectivity index (χ0v) is 17.0. The molecule has 0 unspecified atom stereocenters. The van der Waals surface area contributed by atoms with Crippen LogP contribution in [0.2, 0.25) is 0 Å². The van der Waals surface area contributed by atoms with Crippen LogP contribution in [-0.4, -0.2) is 46.8 Å². The van der Waals surface area contributed by atoms with E-state index in [-0.39, 0.29) is 29.4 Å². The molecule has 27 heavy (non-hydrogen) atoms. The summed E-state index contributed by atoms with van der Waals surface area (Å²) in [4.78, 5) is 28.6. The van der Waals surface area contributed by atoms with Gasteiger partial charge in [0.15, 0.2) is 0 Å². The minimum Gasteiger partial charge on any atom is -0.485 e. The van der Waals surface area contributed by atoms with Gasteiger partial charge in [0.2, 0.25) is 11.8 Å². The maximum Gasteiger partial charge on any atom is 0.225 e. The standard InChI is InChI=1S/C22H32N2O3/c1-5-16(2)21(26)24-14-18-8-6-7-9-20(18)27-22(15-24)12-10-19(11-13-22)23(4)17(3)25/h6-9,16,19H,5,10-15H2,1-4H3/t16-,19?,22?/m0/s1. The van der Waals surface area contributed by atoms with Gasteiger partial charge >= 0.3 is 0 Å². The zero-order valence-electron chi connectivity index (χ0n) is 17.0. The number of rotatable bonds is 3. The van der Waals surface area contributed by atoms with Crippen LogP contribution in [0.3, 0.4) is 0 Å². The molecule has 1 saturated carbocycles. The molecule has 0 N–H and O–H groups in total. The van der Waals surface area contributed by atoms with Gasteiger partial charge in [-0.3, -0.25) is 9.59 Å². The number of carbonyl (C=O) groups excluding carboxylic acids is 2. The van der Waals surface area contributed by atoms with E-state index in [9.17, 15) is 9.59 Å². The first-order chi connectivity index (χ1) is 12.8. The molecule has 3 rings (SSSR count). The van der Waals surface area contributed by atoms with E-state index in [0.717, 1.165) is 43.4 Å². The predicted molar refractivity (Wildman–Crippen MR) is 105 cm³/mol. The number of hydrogen-bond acceptors (Lipinski definition) is 3. The summed E-state index contributed by atoms with van der Waals surface area (Å²) in [5.74, 6) is 1.24. The van der Waals surface area contributed by atoms with E-state index in [1.807, 2.05) is 42.0 Å². The molecule has 1 aromatic carbocycles. The lowest BCUT2D eigenvalue weighted by atomic mass is 9.81. The fraction of sp³-hybridized carbons (Fsp3) is 0.636. The highest BCUT2D eigenvalue weighted by Crippen LogP contribution is 2.39. The second-order valence-corrected chi connectivity index (χ2v) is 8.26. The molecular weight excluding hydrogens is 340 g/mol. The lowest BCUT2D eigenvalue weighted by molar-refractivity contribution is -0.139. The minimum absolute atomic E-state index is 0.0208. The number of benzene rings is 1. The van der Waals surface area contributed by atoms with E-state index in [2.05, 4.69) is 13.0 Å². The topological polar surface area (TPSA) is 49.9 Å². The van der Waals surface area contributed by atoms with Gasteiger partial charge in [0.25, 0.3) is 0 Å². The Balaban J connectivity index is 1.84. The third-order valence-corrected chi connectivity index (χ3v) is 6.40. The average molecular weight is 373 g/mol. The fourth-order valence-corrected chi connectivity index (χ4v) is 4.28. The molecule has 1 aliphatic heterocycles. The summed E-state index contributed by atoms with van der Waals surface area (Å²) >= 11 is 0. The Morgan fingerprint density at radius 3 is 2.59 bits per heavy atom. The average Bonchev–Trinajstić information content (AvgIpc) is 2.83. The van der Waals surface area contributed by atoms with Crippen molar-refractivity contribution in [2.45, 2.75) is 71.1 Å². The monoisotopic (exact) mass is 372 g/mol. The van der Waals surface area contributed by atoms with Gasteiger partial charge in [-0.2, -0.15) is 0 Å². The van der Waals surface area contributed by atoms with Crippen molar-refractivity contribution in [2.75, 3.05) is 13.6 Å². The summed E-state index contributed by atoms with van der Waals surface area (Å²) in [6, 6.07) is 8.33. The van der Waals surface area contributed by atoms with Crippen LogP contribution < -0.4 is 4.74 Å². The number of amides is 2. The first-order valence-electron chi connectivity index (χ1n) is 10.1. The molecule has 0 bridgehead atoms. The number of hydrogen-bond donors (Lipinski definition) is 0. The van der Waals surface area contributed by atoms with E-state index in [4.69, 9.17) is 4.74 Å². The SMILES string of the molecule is CC[C@H](C)C(=O)N1Cc2ccccc2OC2(CCC(N(C)C(C)=O)CC2)C1. The van der Waals surface area contributed by atoms with Crippen molar-refractivity contribution in [2.24, 2.45) is 5.92 Å². The maximum atomic E-state index is 13.0. The first kappa shape index (κ1) is 19.7.